The van der Waals surface area contributed by atoms with Crippen LogP contribution in [0.4, 0.5) is 0 Å². The normalized spacial score (nSPS) is 15.8. The van der Waals surface area contributed by atoms with Crippen molar-refractivity contribution in [2.75, 3.05) is 19.6 Å². The minimum absolute atomic E-state index is 0.105. The summed E-state index contributed by atoms with van der Waals surface area (Å²) >= 11 is 1.40. The molecule has 0 bridgehead atoms. The van der Waals surface area contributed by atoms with Crippen molar-refractivity contribution in [3.05, 3.63) is 22.7 Å². The lowest BCUT2D eigenvalue weighted by Gasteiger charge is -2.26. The highest BCUT2D eigenvalue weighted by atomic mass is 32.2. The van der Waals surface area contributed by atoms with Crippen LogP contribution in [0.3, 0.4) is 0 Å². The number of H-pyrrole nitrogens is 1. The lowest BCUT2D eigenvalue weighted by Crippen LogP contribution is -2.41. The first-order valence-electron chi connectivity index (χ1n) is 8.27. The second kappa shape index (κ2) is 7.27. The molecule has 1 fully saturated rings. The van der Waals surface area contributed by atoms with Crippen molar-refractivity contribution in [2.45, 2.75) is 38.0 Å². The first kappa shape index (κ1) is 18.1. The van der Waals surface area contributed by atoms with Crippen LogP contribution >= 0.6 is 11.3 Å². The lowest BCUT2D eigenvalue weighted by atomic mass is 10.1. The maximum atomic E-state index is 12.6. The second-order valence-corrected chi connectivity index (χ2v) is 9.19. The summed E-state index contributed by atoms with van der Waals surface area (Å²) in [5.74, 6) is 0.105. The number of carbonyl (C=O) groups is 1. The lowest BCUT2D eigenvalue weighted by molar-refractivity contribution is -0.133. The molecule has 7 nitrogen and oxygen atoms in total. The van der Waals surface area contributed by atoms with E-state index >= 15 is 0 Å². The van der Waals surface area contributed by atoms with Crippen LogP contribution in [0, 0.1) is 13.8 Å². The van der Waals surface area contributed by atoms with Gasteiger partial charge in [0.1, 0.15) is 5.69 Å². The van der Waals surface area contributed by atoms with Crippen LogP contribution in [0.15, 0.2) is 17.0 Å². The molecule has 1 aliphatic heterocycles. The van der Waals surface area contributed by atoms with E-state index in [1.54, 1.807) is 17.9 Å². The highest BCUT2D eigenvalue weighted by Gasteiger charge is 2.22. The van der Waals surface area contributed by atoms with Gasteiger partial charge in [-0.25, -0.2) is 13.1 Å². The Morgan fingerprint density at radius 1 is 1.32 bits per heavy atom. The number of nitrogens with zero attached hydrogens (tertiary/aromatic N) is 2. The minimum Gasteiger partial charge on any atom is -0.341 e. The average Bonchev–Trinajstić information content (AvgIpc) is 3.15. The third kappa shape index (κ3) is 4.10. The Bertz CT molecular complexity index is 870. The van der Waals surface area contributed by atoms with Gasteiger partial charge >= 0.3 is 0 Å². The predicted molar refractivity (Wildman–Crippen MR) is 97.0 cm³/mol. The number of piperidine rings is 1. The number of nitrogens with one attached hydrogen (secondary N) is 2. The van der Waals surface area contributed by atoms with Gasteiger partial charge in [-0.1, -0.05) is 0 Å². The fourth-order valence-corrected chi connectivity index (χ4v) is 5.46. The highest BCUT2D eigenvalue weighted by molar-refractivity contribution is 7.89. The van der Waals surface area contributed by atoms with E-state index < -0.39 is 10.0 Å². The fraction of sp³-hybridized carbons (Fsp3) is 0.500. The van der Waals surface area contributed by atoms with Crippen molar-refractivity contribution in [1.82, 2.24) is 19.8 Å². The van der Waals surface area contributed by atoms with Crippen molar-refractivity contribution in [3.8, 4) is 10.6 Å². The maximum absolute atomic E-state index is 12.6. The number of amides is 1. The van der Waals surface area contributed by atoms with Gasteiger partial charge < -0.3 is 4.90 Å². The van der Waals surface area contributed by atoms with E-state index in [-0.39, 0.29) is 17.3 Å². The third-order valence-corrected chi connectivity index (χ3v) is 7.00. The Labute approximate surface area is 151 Å². The molecule has 0 unspecified atom stereocenters. The number of likely N-dealkylation sites (tertiary alicyclic amines) is 1. The van der Waals surface area contributed by atoms with Crippen molar-refractivity contribution < 1.29 is 13.2 Å². The quantitative estimate of drug-likeness (QED) is 0.799. The molecule has 1 aliphatic rings. The number of aromatic amines is 1. The molecule has 0 spiro atoms. The molecule has 2 aromatic rings. The Hall–Kier alpha value is -1.71. The van der Waals surface area contributed by atoms with Gasteiger partial charge in [0.05, 0.1) is 9.77 Å². The Kier molecular flexibility index (Phi) is 5.26. The van der Waals surface area contributed by atoms with Crippen LogP contribution < -0.4 is 4.72 Å². The van der Waals surface area contributed by atoms with Gasteiger partial charge in [-0.15, -0.1) is 11.3 Å². The van der Waals surface area contributed by atoms with Gasteiger partial charge in [0.25, 0.3) is 0 Å². The van der Waals surface area contributed by atoms with E-state index in [0.717, 1.165) is 34.0 Å². The Morgan fingerprint density at radius 3 is 2.80 bits per heavy atom. The molecule has 1 amide bonds. The zero-order valence-electron chi connectivity index (χ0n) is 14.3. The van der Waals surface area contributed by atoms with Gasteiger partial charge in [0, 0.05) is 36.6 Å². The fourth-order valence-electron chi connectivity index (χ4n) is 2.89. The van der Waals surface area contributed by atoms with Crippen LogP contribution in [0.1, 0.15) is 29.8 Å². The van der Waals surface area contributed by atoms with Gasteiger partial charge in [0.15, 0.2) is 0 Å². The molecular formula is C16H22N4O3S2. The Balaban J connectivity index is 1.67. The molecule has 9 heteroatoms. The Morgan fingerprint density at radius 2 is 2.12 bits per heavy atom. The second-order valence-electron chi connectivity index (χ2n) is 6.20. The summed E-state index contributed by atoms with van der Waals surface area (Å²) in [6.07, 6.45) is 2.46. The van der Waals surface area contributed by atoms with E-state index in [1.807, 2.05) is 13.0 Å². The van der Waals surface area contributed by atoms with Crippen LogP contribution in [-0.2, 0) is 14.8 Å². The number of thiophene rings is 1. The minimum atomic E-state index is -3.61. The number of carbonyl (C=O) groups excluding carboxylic acids is 1. The smallest absolute Gasteiger partial charge is 0.241 e. The van der Waals surface area contributed by atoms with Crippen LogP contribution in [0.25, 0.3) is 10.6 Å². The number of sulfonamides is 1. The van der Waals surface area contributed by atoms with Crippen LogP contribution in [0.5, 0.6) is 0 Å². The molecule has 3 heterocycles. The molecule has 3 rings (SSSR count). The monoisotopic (exact) mass is 382 g/mol. The summed E-state index contributed by atoms with van der Waals surface area (Å²) in [4.78, 5) is 15.3. The topological polar surface area (TPSA) is 95.2 Å². The molecule has 1 saturated heterocycles. The number of hydrogen-bond donors (Lipinski definition) is 2. The number of hydrogen-bond acceptors (Lipinski definition) is 5. The molecule has 2 aromatic heterocycles. The summed E-state index contributed by atoms with van der Waals surface area (Å²) in [6.45, 7) is 5.03. The third-order valence-electron chi connectivity index (χ3n) is 4.22. The standard InChI is InChI=1S/C16H22N4O3S2/c1-11-9-13(19-18-11)14-10-15(12(2)24-14)25(22,23)17-6-8-20-7-4-3-5-16(20)21/h9-10,17H,3-8H2,1-2H3,(H,18,19). The molecule has 2 N–H and O–H groups in total. The van der Waals surface area contributed by atoms with Gasteiger partial charge in [0.2, 0.25) is 15.9 Å². The van der Waals surface area contributed by atoms with Gasteiger partial charge in [-0.05, 0) is 38.8 Å². The van der Waals surface area contributed by atoms with E-state index in [2.05, 4.69) is 14.9 Å². The van der Waals surface area contributed by atoms with E-state index in [0.29, 0.717) is 19.5 Å². The summed E-state index contributed by atoms with van der Waals surface area (Å²) in [6, 6.07) is 3.54. The SMILES string of the molecule is Cc1cc(-c2cc(S(=O)(=O)NCCN3CCCCC3=O)c(C)s2)n[nH]1. The molecule has 0 aromatic carbocycles. The first-order valence-corrected chi connectivity index (χ1v) is 10.6. The van der Waals surface area contributed by atoms with Crippen molar-refractivity contribution in [1.29, 1.82) is 0 Å². The molecular weight excluding hydrogens is 360 g/mol. The summed E-state index contributed by atoms with van der Waals surface area (Å²) in [5.41, 5.74) is 1.67. The van der Waals surface area contributed by atoms with E-state index in [4.69, 9.17) is 0 Å². The summed E-state index contributed by atoms with van der Waals surface area (Å²) in [7, 11) is -3.61. The van der Waals surface area contributed by atoms with Crippen molar-refractivity contribution in [3.63, 3.8) is 0 Å². The van der Waals surface area contributed by atoms with Crippen LogP contribution in [0.2, 0.25) is 0 Å². The number of rotatable bonds is 6. The predicted octanol–water partition coefficient (Wildman–Crippen LogP) is 2.05. The van der Waals surface area contributed by atoms with Crippen molar-refractivity contribution >= 4 is 27.3 Å². The van der Waals surface area contributed by atoms with Gasteiger partial charge in [-0.2, -0.15) is 5.10 Å². The molecule has 0 aliphatic carbocycles. The summed E-state index contributed by atoms with van der Waals surface area (Å²) < 4.78 is 27.8. The molecule has 0 saturated carbocycles. The van der Waals surface area contributed by atoms with Crippen LogP contribution in [-0.4, -0.2) is 49.1 Å². The number of aryl methyl sites for hydroxylation is 2. The van der Waals surface area contributed by atoms with Gasteiger partial charge in [-0.3, -0.25) is 9.89 Å². The van der Waals surface area contributed by atoms with E-state index in [9.17, 15) is 13.2 Å². The van der Waals surface area contributed by atoms with Crippen molar-refractivity contribution in [2.24, 2.45) is 0 Å². The summed E-state index contributed by atoms with van der Waals surface area (Å²) in [5, 5.41) is 7.04. The zero-order valence-corrected chi connectivity index (χ0v) is 16.0. The molecule has 0 radical (unpaired) electrons. The van der Waals surface area contributed by atoms with E-state index in [1.165, 1.54) is 11.3 Å². The molecule has 25 heavy (non-hydrogen) atoms. The first-order chi connectivity index (χ1) is 11.9. The molecule has 0 atom stereocenters. The zero-order chi connectivity index (χ0) is 18.0. The highest BCUT2D eigenvalue weighted by Crippen LogP contribution is 2.32. The largest absolute Gasteiger partial charge is 0.341 e. The molecule has 136 valence electrons. The maximum Gasteiger partial charge on any atom is 0.241 e. The average molecular weight is 383 g/mol. The number of aromatic nitrogens is 2.